The lowest BCUT2D eigenvalue weighted by Crippen LogP contribution is -2.40. The van der Waals surface area contributed by atoms with Gasteiger partial charge in [0, 0.05) is 45.0 Å². The van der Waals surface area contributed by atoms with Crippen LogP contribution in [-0.4, -0.2) is 93.4 Å². The number of fused-ring (bicyclic) bond motifs is 1. The molecule has 0 atom stereocenters. The van der Waals surface area contributed by atoms with Crippen LogP contribution in [0.3, 0.4) is 0 Å². The molecule has 0 radical (unpaired) electrons. The van der Waals surface area contributed by atoms with Crippen LogP contribution in [0.2, 0.25) is 0 Å². The van der Waals surface area contributed by atoms with E-state index in [-0.39, 0.29) is 4.90 Å². The molecule has 0 amide bonds. The van der Waals surface area contributed by atoms with Crippen molar-refractivity contribution >= 4 is 32.8 Å². The average molecular weight is 561 g/mol. The van der Waals surface area contributed by atoms with Crippen LogP contribution in [0.1, 0.15) is 17.5 Å². The molecule has 0 N–H and O–H groups in total. The van der Waals surface area contributed by atoms with Crippen molar-refractivity contribution in [1.82, 2.24) is 18.8 Å². The molecule has 0 saturated carbocycles. The Morgan fingerprint density at radius 1 is 0.974 bits per heavy atom. The molecule has 3 heterocycles. The van der Waals surface area contributed by atoms with Gasteiger partial charge in [0.05, 0.1) is 49.5 Å². The molecule has 0 spiro atoms. The van der Waals surface area contributed by atoms with Crippen LogP contribution in [0.4, 0.5) is 0 Å². The van der Waals surface area contributed by atoms with Crippen molar-refractivity contribution in [3.63, 3.8) is 0 Å². The van der Waals surface area contributed by atoms with Crippen LogP contribution in [0.15, 0.2) is 46.5 Å². The summed E-state index contributed by atoms with van der Waals surface area (Å²) in [6, 6.07) is 11.6. The van der Waals surface area contributed by atoms with Crippen molar-refractivity contribution < 1.29 is 22.6 Å². The van der Waals surface area contributed by atoms with Crippen molar-refractivity contribution in [3.05, 3.63) is 47.5 Å². The third kappa shape index (κ3) is 6.19. The zero-order valence-electron chi connectivity index (χ0n) is 22.1. The Hall–Kier alpha value is -2.15. The fourth-order valence-corrected chi connectivity index (χ4v) is 7.38. The second-order valence-corrected chi connectivity index (χ2v) is 12.5. The molecule has 5 rings (SSSR count). The van der Waals surface area contributed by atoms with Gasteiger partial charge in [0.25, 0.3) is 0 Å². The summed E-state index contributed by atoms with van der Waals surface area (Å²) in [4.78, 5) is 7.65. The maximum absolute atomic E-state index is 13.3. The molecule has 2 fully saturated rings. The summed E-state index contributed by atoms with van der Waals surface area (Å²) in [5.74, 6) is 1.64. The van der Waals surface area contributed by atoms with Crippen molar-refractivity contribution in [3.8, 4) is 5.75 Å². The molecule has 206 valence electrons. The van der Waals surface area contributed by atoms with E-state index in [1.807, 2.05) is 19.1 Å². The number of rotatable bonds is 10. The smallest absolute Gasteiger partial charge is 0.243 e. The highest BCUT2D eigenvalue weighted by Crippen LogP contribution is 2.30. The number of imidazole rings is 1. The topological polar surface area (TPSA) is 86.1 Å². The monoisotopic (exact) mass is 560 g/mol. The summed E-state index contributed by atoms with van der Waals surface area (Å²) >= 11 is 1.68. The summed E-state index contributed by atoms with van der Waals surface area (Å²) < 4.78 is 46.5. The second-order valence-electron chi connectivity index (χ2n) is 9.61. The van der Waals surface area contributed by atoms with Crippen LogP contribution in [0, 0.1) is 6.92 Å². The lowest BCUT2D eigenvalue weighted by atomic mass is 10.1. The number of morpholine rings is 2. The van der Waals surface area contributed by atoms with E-state index >= 15 is 0 Å². The highest BCUT2D eigenvalue weighted by molar-refractivity contribution is 7.98. The van der Waals surface area contributed by atoms with Gasteiger partial charge in [-0.15, -0.1) is 0 Å². The molecule has 11 heteroatoms. The summed E-state index contributed by atoms with van der Waals surface area (Å²) in [5.41, 5.74) is 3.96. The number of hydrogen-bond acceptors (Lipinski definition) is 8. The van der Waals surface area contributed by atoms with E-state index < -0.39 is 10.0 Å². The summed E-state index contributed by atoms with van der Waals surface area (Å²) in [5, 5.41) is 0.899. The zero-order chi connectivity index (χ0) is 26.5. The van der Waals surface area contributed by atoms with Gasteiger partial charge in [-0.1, -0.05) is 23.9 Å². The standard InChI is InChI=1S/C27H36N4O5S2/c1-21-18-22(4-7-26(21)34-2)20-37-27-28-24-19-23(38(32,33)30-12-16-36-17-13-30)5-6-25(24)31(27)9-3-8-29-10-14-35-15-11-29/h4-7,18-19H,3,8-17,20H2,1-2H3. The summed E-state index contributed by atoms with van der Waals surface area (Å²) in [6.45, 7) is 8.95. The number of thioether (sulfide) groups is 1. The molecular weight excluding hydrogens is 524 g/mol. The SMILES string of the molecule is COc1ccc(CSc2nc3cc(S(=O)(=O)N4CCOCC4)ccc3n2CCCN2CCOCC2)cc1C. The van der Waals surface area contributed by atoms with Gasteiger partial charge in [-0.3, -0.25) is 4.90 Å². The number of nitrogens with zero attached hydrogens (tertiary/aromatic N) is 4. The van der Waals surface area contributed by atoms with Gasteiger partial charge in [0.15, 0.2) is 5.16 Å². The van der Waals surface area contributed by atoms with Gasteiger partial charge in [0.1, 0.15) is 5.75 Å². The van der Waals surface area contributed by atoms with E-state index in [2.05, 4.69) is 21.6 Å². The van der Waals surface area contributed by atoms with Crippen molar-refractivity contribution in [2.24, 2.45) is 0 Å². The van der Waals surface area contributed by atoms with Crippen molar-refractivity contribution in [2.75, 3.05) is 66.3 Å². The normalized spacial score (nSPS) is 17.7. The van der Waals surface area contributed by atoms with E-state index in [4.69, 9.17) is 19.2 Å². The molecule has 2 aromatic carbocycles. The highest BCUT2D eigenvalue weighted by Gasteiger charge is 2.27. The third-order valence-electron chi connectivity index (χ3n) is 7.08. The van der Waals surface area contributed by atoms with Gasteiger partial charge in [0.2, 0.25) is 10.0 Å². The first-order chi connectivity index (χ1) is 18.5. The van der Waals surface area contributed by atoms with E-state index in [0.29, 0.717) is 31.8 Å². The fourth-order valence-electron chi connectivity index (χ4n) is 4.97. The lowest BCUT2D eigenvalue weighted by molar-refractivity contribution is 0.0369. The van der Waals surface area contributed by atoms with Crippen LogP contribution in [-0.2, 0) is 31.8 Å². The van der Waals surface area contributed by atoms with E-state index in [0.717, 1.165) is 73.6 Å². The maximum Gasteiger partial charge on any atom is 0.243 e. The Morgan fingerprint density at radius 2 is 1.71 bits per heavy atom. The van der Waals surface area contributed by atoms with E-state index in [1.165, 1.54) is 9.87 Å². The first-order valence-corrected chi connectivity index (χ1v) is 15.5. The van der Waals surface area contributed by atoms with Crippen molar-refractivity contribution in [1.29, 1.82) is 0 Å². The van der Waals surface area contributed by atoms with Gasteiger partial charge in [-0.2, -0.15) is 4.31 Å². The molecule has 0 unspecified atom stereocenters. The Bertz CT molecular complexity index is 1350. The first kappa shape index (κ1) is 27.4. The molecule has 2 saturated heterocycles. The zero-order valence-corrected chi connectivity index (χ0v) is 23.7. The molecule has 2 aliphatic heterocycles. The number of sulfonamides is 1. The van der Waals surface area contributed by atoms with Gasteiger partial charge in [-0.25, -0.2) is 13.4 Å². The summed E-state index contributed by atoms with van der Waals surface area (Å²) in [6.07, 6.45) is 0.981. The molecule has 1 aromatic heterocycles. The predicted octanol–water partition coefficient (Wildman–Crippen LogP) is 3.39. The van der Waals surface area contributed by atoms with Gasteiger partial charge in [-0.05, 0) is 48.7 Å². The Kier molecular flexibility index (Phi) is 8.91. The molecule has 38 heavy (non-hydrogen) atoms. The predicted molar refractivity (Wildman–Crippen MR) is 148 cm³/mol. The largest absolute Gasteiger partial charge is 0.496 e. The van der Waals surface area contributed by atoms with Crippen LogP contribution < -0.4 is 4.74 Å². The Balaban J connectivity index is 1.39. The third-order valence-corrected chi connectivity index (χ3v) is 10.0. The fraction of sp³-hybridized carbons (Fsp3) is 0.519. The van der Waals surface area contributed by atoms with Gasteiger partial charge < -0.3 is 18.8 Å². The molecule has 3 aromatic rings. The molecular formula is C27H36N4O5S2. The molecule has 0 bridgehead atoms. The second kappa shape index (κ2) is 12.4. The number of aromatic nitrogens is 2. The van der Waals surface area contributed by atoms with Crippen LogP contribution in [0.5, 0.6) is 5.75 Å². The minimum atomic E-state index is -3.59. The minimum absolute atomic E-state index is 0.284. The number of aryl methyl sites for hydroxylation is 2. The number of benzene rings is 2. The van der Waals surface area contributed by atoms with Crippen LogP contribution in [0.25, 0.3) is 11.0 Å². The van der Waals surface area contributed by atoms with Crippen molar-refractivity contribution in [2.45, 2.75) is 35.7 Å². The van der Waals surface area contributed by atoms with Gasteiger partial charge >= 0.3 is 0 Å². The quantitative estimate of drug-likeness (QED) is 0.349. The van der Waals surface area contributed by atoms with E-state index in [9.17, 15) is 8.42 Å². The molecule has 9 nitrogen and oxygen atoms in total. The minimum Gasteiger partial charge on any atom is -0.496 e. The Labute approximate surface area is 229 Å². The number of methoxy groups -OCH3 is 1. The first-order valence-electron chi connectivity index (χ1n) is 13.1. The van der Waals surface area contributed by atoms with E-state index in [1.54, 1.807) is 31.0 Å². The Morgan fingerprint density at radius 3 is 2.42 bits per heavy atom. The lowest BCUT2D eigenvalue weighted by Gasteiger charge is -2.26. The number of ether oxygens (including phenoxy) is 3. The maximum atomic E-state index is 13.3. The van der Waals surface area contributed by atoms with Crippen LogP contribution >= 0.6 is 11.8 Å². The molecule has 0 aliphatic carbocycles. The summed E-state index contributed by atoms with van der Waals surface area (Å²) in [7, 11) is -1.90. The molecule has 2 aliphatic rings. The number of hydrogen-bond donors (Lipinski definition) is 0. The highest BCUT2D eigenvalue weighted by atomic mass is 32.2. The average Bonchev–Trinajstić information content (AvgIpc) is 3.29.